The van der Waals surface area contributed by atoms with E-state index in [1.165, 1.54) is 0 Å². The maximum absolute atomic E-state index is 11.9. The molecule has 4 rings (SSSR count). The number of pyridine rings is 1. The largest absolute Gasteiger partial charge is 0.454 e. The molecule has 0 amide bonds. The second kappa shape index (κ2) is 4.63. The van der Waals surface area contributed by atoms with E-state index in [0.717, 1.165) is 11.1 Å². The van der Waals surface area contributed by atoms with Gasteiger partial charge in [0.25, 0.3) is 0 Å². The normalized spacial score (nSPS) is 19.1. The van der Waals surface area contributed by atoms with Crippen molar-refractivity contribution < 1.29 is 19.0 Å². The summed E-state index contributed by atoms with van der Waals surface area (Å²) in [6, 6.07) is 7.20. The zero-order valence-electron chi connectivity index (χ0n) is 10.8. The van der Waals surface area contributed by atoms with Gasteiger partial charge < -0.3 is 14.2 Å². The molecule has 5 nitrogen and oxygen atoms in total. The standard InChI is InChI=1S/C15H10ClNO4/c16-15-8(2-1-3-17-15)9-5-14(18)21-11-6-13-12(4-10(9)11)19-7-20-13/h1-4,6,9H,5,7H2/t9-/m0/s1. The number of hydrogen-bond donors (Lipinski definition) is 0. The summed E-state index contributed by atoms with van der Waals surface area (Å²) in [5.74, 6) is 1.22. The Hall–Kier alpha value is -2.27. The summed E-state index contributed by atoms with van der Waals surface area (Å²) in [4.78, 5) is 15.9. The molecule has 3 heterocycles. The van der Waals surface area contributed by atoms with Crippen molar-refractivity contribution in [1.29, 1.82) is 0 Å². The second-order valence-electron chi connectivity index (χ2n) is 4.86. The number of ether oxygens (including phenoxy) is 3. The van der Waals surface area contributed by atoms with Crippen LogP contribution in [0.15, 0.2) is 30.5 Å². The summed E-state index contributed by atoms with van der Waals surface area (Å²) in [7, 11) is 0. The van der Waals surface area contributed by atoms with Gasteiger partial charge in [0.05, 0.1) is 6.42 Å². The first kappa shape index (κ1) is 12.5. The monoisotopic (exact) mass is 303 g/mol. The van der Waals surface area contributed by atoms with Gasteiger partial charge in [-0.15, -0.1) is 0 Å². The number of rotatable bonds is 1. The van der Waals surface area contributed by atoms with Crippen LogP contribution in [0.4, 0.5) is 0 Å². The minimum atomic E-state index is -0.300. The second-order valence-corrected chi connectivity index (χ2v) is 5.22. The maximum Gasteiger partial charge on any atom is 0.312 e. The summed E-state index contributed by atoms with van der Waals surface area (Å²) < 4.78 is 16.0. The van der Waals surface area contributed by atoms with Gasteiger partial charge >= 0.3 is 5.97 Å². The van der Waals surface area contributed by atoms with Crippen LogP contribution >= 0.6 is 11.6 Å². The zero-order chi connectivity index (χ0) is 14.4. The molecule has 0 fully saturated rings. The van der Waals surface area contributed by atoms with Crippen LogP contribution in [0, 0.1) is 0 Å². The van der Waals surface area contributed by atoms with Gasteiger partial charge in [0.1, 0.15) is 10.9 Å². The van der Waals surface area contributed by atoms with Gasteiger partial charge in [-0.25, -0.2) is 4.98 Å². The van der Waals surface area contributed by atoms with Crippen LogP contribution in [0.5, 0.6) is 17.2 Å². The van der Waals surface area contributed by atoms with Gasteiger partial charge in [0, 0.05) is 23.7 Å². The predicted molar refractivity (Wildman–Crippen MR) is 73.9 cm³/mol. The van der Waals surface area contributed by atoms with Crippen LogP contribution in [0.3, 0.4) is 0 Å². The third-order valence-electron chi connectivity index (χ3n) is 3.64. The molecule has 0 N–H and O–H groups in total. The Morgan fingerprint density at radius 2 is 1.95 bits per heavy atom. The Labute approximate surface area is 125 Å². The number of aromatic nitrogens is 1. The molecule has 0 radical (unpaired) electrons. The molecule has 2 aromatic rings. The number of fused-ring (bicyclic) bond motifs is 2. The van der Waals surface area contributed by atoms with Crippen molar-refractivity contribution in [3.63, 3.8) is 0 Å². The molecule has 2 aliphatic heterocycles. The summed E-state index contributed by atoms with van der Waals surface area (Å²) >= 11 is 6.17. The molecule has 0 aliphatic carbocycles. The number of halogens is 1. The molecule has 0 saturated heterocycles. The molecule has 0 saturated carbocycles. The third-order valence-corrected chi connectivity index (χ3v) is 3.95. The van der Waals surface area contributed by atoms with E-state index in [2.05, 4.69) is 4.98 Å². The molecule has 1 aromatic heterocycles. The van der Waals surface area contributed by atoms with Crippen LogP contribution in [-0.4, -0.2) is 17.7 Å². The van der Waals surface area contributed by atoms with Crippen LogP contribution < -0.4 is 14.2 Å². The smallest absolute Gasteiger partial charge is 0.312 e. The number of nitrogens with zero attached hydrogens (tertiary/aromatic N) is 1. The highest BCUT2D eigenvalue weighted by Crippen LogP contribution is 2.46. The molecule has 2 aliphatic rings. The van der Waals surface area contributed by atoms with E-state index in [-0.39, 0.29) is 25.1 Å². The van der Waals surface area contributed by atoms with E-state index >= 15 is 0 Å². The van der Waals surface area contributed by atoms with E-state index in [1.807, 2.05) is 12.1 Å². The third kappa shape index (κ3) is 2.01. The average Bonchev–Trinajstić information content (AvgIpc) is 2.92. The molecule has 6 heteroatoms. The minimum Gasteiger partial charge on any atom is -0.454 e. The molecule has 1 aromatic carbocycles. The average molecular weight is 304 g/mol. The van der Waals surface area contributed by atoms with Crippen molar-refractivity contribution in [1.82, 2.24) is 4.98 Å². The lowest BCUT2D eigenvalue weighted by Crippen LogP contribution is -2.21. The molecule has 0 bridgehead atoms. The topological polar surface area (TPSA) is 57.7 Å². The number of carbonyl (C=O) groups is 1. The highest BCUT2D eigenvalue weighted by atomic mass is 35.5. The number of benzene rings is 1. The first-order valence-electron chi connectivity index (χ1n) is 6.47. The van der Waals surface area contributed by atoms with Crippen LogP contribution in [0.2, 0.25) is 5.15 Å². The van der Waals surface area contributed by atoms with Crippen molar-refractivity contribution in [2.45, 2.75) is 12.3 Å². The molecule has 21 heavy (non-hydrogen) atoms. The fourth-order valence-corrected chi connectivity index (χ4v) is 2.93. The summed E-state index contributed by atoms with van der Waals surface area (Å²) in [5.41, 5.74) is 1.66. The number of esters is 1. The summed E-state index contributed by atoms with van der Waals surface area (Å²) in [6.07, 6.45) is 1.84. The van der Waals surface area contributed by atoms with Gasteiger partial charge in [-0.3, -0.25) is 4.79 Å². The fraction of sp³-hybridized carbons (Fsp3) is 0.200. The lowest BCUT2D eigenvalue weighted by atomic mass is 9.87. The summed E-state index contributed by atoms with van der Waals surface area (Å²) in [6.45, 7) is 0.171. The predicted octanol–water partition coefficient (Wildman–Crippen LogP) is 2.90. The van der Waals surface area contributed by atoms with Gasteiger partial charge in [0.15, 0.2) is 11.5 Å². The van der Waals surface area contributed by atoms with Crippen molar-refractivity contribution in [3.8, 4) is 17.2 Å². The first-order chi connectivity index (χ1) is 10.2. The van der Waals surface area contributed by atoms with Crippen LogP contribution in [-0.2, 0) is 4.79 Å². The Morgan fingerprint density at radius 3 is 2.76 bits per heavy atom. The molecular formula is C15H10ClNO4. The molecule has 0 spiro atoms. The van der Waals surface area contributed by atoms with Crippen molar-refractivity contribution in [2.75, 3.05) is 6.79 Å². The maximum atomic E-state index is 11.9. The fourth-order valence-electron chi connectivity index (χ4n) is 2.68. The van der Waals surface area contributed by atoms with Gasteiger partial charge in [-0.05, 0) is 17.7 Å². The quantitative estimate of drug-likeness (QED) is 0.460. The highest BCUT2D eigenvalue weighted by Gasteiger charge is 2.32. The molecule has 0 unspecified atom stereocenters. The van der Waals surface area contributed by atoms with Gasteiger partial charge in [-0.2, -0.15) is 0 Å². The molecular weight excluding hydrogens is 294 g/mol. The van der Waals surface area contributed by atoms with E-state index in [9.17, 15) is 4.79 Å². The van der Waals surface area contributed by atoms with Crippen LogP contribution in [0.1, 0.15) is 23.5 Å². The van der Waals surface area contributed by atoms with Crippen molar-refractivity contribution in [2.24, 2.45) is 0 Å². The minimum absolute atomic E-state index is 0.171. The van der Waals surface area contributed by atoms with Gasteiger partial charge in [-0.1, -0.05) is 17.7 Å². The first-order valence-corrected chi connectivity index (χ1v) is 6.85. The number of carbonyl (C=O) groups excluding carboxylic acids is 1. The van der Waals surface area contributed by atoms with Crippen molar-refractivity contribution in [3.05, 3.63) is 46.7 Å². The van der Waals surface area contributed by atoms with E-state index in [1.54, 1.807) is 18.3 Å². The lowest BCUT2D eigenvalue weighted by molar-refractivity contribution is -0.135. The van der Waals surface area contributed by atoms with Crippen LogP contribution in [0.25, 0.3) is 0 Å². The van der Waals surface area contributed by atoms with E-state index in [0.29, 0.717) is 22.4 Å². The molecule has 106 valence electrons. The van der Waals surface area contributed by atoms with Crippen molar-refractivity contribution >= 4 is 17.6 Å². The Bertz CT molecular complexity index is 746. The number of hydrogen-bond acceptors (Lipinski definition) is 5. The van der Waals surface area contributed by atoms with E-state index < -0.39 is 0 Å². The highest BCUT2D eigenvalue weighted by molar-refractivity contribution is 6.30. The lowest BCUT2D eigenvalue weighted by Gasteiger charge is -2.25. The SMILES string of the molecule is O=C1C[C@@H](c2cccnc2Cl)c2cc3c(cc2O1)OCO3. The molecule has 1 atom stereocenters. The zero-order valence-corrected chi connectivity index (χ0v) is 11.6. The Kier molecular flexibility index (Phi) is 2.75. The Balaban J connectivity index is 1.88. The Morgan fingerprint density at radius 1 is 1.14 bits per heavy atom. The van der Waals surface area contributed by atoms with Gasteiger partial charge in [0.2, 0.25) is 6.79 Å². The summed E-state index contributed by atoms with van der Waals surface area (Å²) in [5, 5.41) is 0.390. The van der Waals surface area contributed by atoms with E-state index in [4.69, 9.17) is 25.8 Å².